The zero-order chi connectivity index (χ0) is 15.5. The van der Waals surface area contributed by atoms with Crippen molar-refractivity contribution in [2.75, 3.05) is 13.2 Å². The molecule has 5 nitrogen and oxygen atoms in total. The lowest BCUT2D eigenvalue weighted by Gasteiger charge is -2.19. The molecule has 1 heterocycles. The van der Waals surface area contributed by atoms with E-state index in [0.29, 0.717) is 19.6 Å². The highest BCUT2D eigenvalue weighted by Gasteiger charge is 2.47. The van der Waals surface area contributed by atoms with Crippen molar-refractivity contribution in [3.8, 4) is 0 Å². The number of esters is 1. The van der Waals surface area contributed by atoms with E-state index >= 15 is 0 Å². The Bertz CT molecular complexity index is 507. The van der Waals surface area contributed by atoms with E-state index in [2.05, 4.69) is 0 Å². The van der Waals surface area contributed by atoms with Gasteiger partial charge in [-0.3, -0.25) is 4.90 Å². The minimum absolute atomic E-state index is 0.321. The van der Waals surface area contributed by atoms with Crippen LogP contribution in [0, 0.1) is 0 Å². The summed E-state index contributed by atoms with van der Waals surface area (Å²) in [6.07, 6.45) is 0.207. The molecule has 1 saturated heterocycles. The number of nitrogens with zero attached hydrogens (tertiary/aromatic N) is 1. The average molecular weight is 291 g/mol. The summed E-state index contributed by atoms with van der Waals surface area (Å²) in [6.45, 7) is 6.07. The van der Waals surface area contributed by atoms with Gasteiger partial charge in [0.1, 0.15) is 5.60 Å². The molecule has 2 rings (SSSR count). The van der Waals surface area contributed by atoms with Crippen molar-refractivity contribution >= 4 is 12.1 Å². The standard InChI is InChI=1S/C16H21NO4/c1-16(2,3)21-15(19)17-11-13(17)14(18)20-10-9-12-7-5-4-6-8-12/h4-8,13H,9-11H2,1-3H3/t13-,17?/m0/s1. The Kier molecular flexibility index (Phi) is 4.50. The number of rotatable bonds is 4. The van der Waals surface area contributed by atoms with Gasteiger partial charge in [0, 0.05) is 6.42 Å². The van der Waals surface area contributed by atoms with Gasteiger partial charge in [0.15, 0.2) is 6.04 Å². The van der Waals surface area contributed by atoms with Crippen LogP contribution >= 0.6 is 0 Å². The Morgan fingerprint density at radius 3 is 2.52 bits per heavy atom. The van der Waals surface area contributed by atoms with E-state index in [9.17, 15) is 9.59 Å². The van der Waals surface area contributed by atoms with Crippen LogP contribution in [0.25, 0.3) is 0 Å². The lowest BCUT2D eigenvalue weighted by atomic mass is 10.2. The van der Waals surface area contributed by atoms with Gasteiger partial charge in [0.25, 0.3) is 0 Å². The monoisotopic (exact) mass is 291 g/mol. The average Bonchev–Trinajstić information content (AvgIpc) is 3.18. The molecule has 0 N–H and O–H groups in total. The van der Waals surface area contributed by atoms with Gasteiger partial charge in [0.05, 0.1) is 13.2 Å². The SMILES string of the molecule is CC(C)(C)OC(=O)N1C[C@H]1C(=O)OCCc1ccccc1. The Morgan fingerprint density at radius 2 is 1.90 bits per heavy atom. The van der Waals surface area contributed by atoms with Crippen molar-refractivity contribution in [1.82, 2.24) is 4.90 Å². The number of ether oxygens (including phenoxy) is 2. The van der Waals surface area contributed by atoms with E-state index in [1.54, 1.807) is 20.8 Å². The van der Waals surface area contributed by atoms with Crippen LogP contribution in [0.1, 0.15) is 26.3 Å². The van der Waals surface area contributed by atoms with Crippen LogP contribution < -0.4 is 0 Å². The number of benzene rings is 1. The Hall–Kier alpha value is -2.04. The molecule has 1 aromatic rings. The van der Waals surface area contributed by atoms with Gasteiger partial charge in [-0.05, 0) is 26.3 Å². The lowest BCUT2D eigenvalue weighted by Crippen LogP contribution is -2.29. The summed E-state index contributed by atoms with van der Waals surface area (Å²) < 4.78 is 10.4. The molecule has 0 aliphatic carbocycles. The second-order valence-corrected chi connectivity index (χ2v) is 6.05. The molecule has 1 amide bonds. The minimum atomic E-state index is -0.554. The minimum Gasteiger partial charge on any atom is -0.464 e. The van der Waals surface area contributed by atoms with Gasteiger partial charge in [0.2, 0.25) is 0 Å². The number of carbonyl (C=O) groups excluding carboxylic acids is 2. The molecule has 1 fully saturated rings. The molecule has 0 saturated carbocycles. The van der Waals surface area contributed by atoms with Crippen molar-refractivity contribution in [3.05, 3.63) is 35.9 Å². The van der Waals surface area contributed by atoms with Gasteiger partial charge in [-0.15, -0.1) is 0 Å². The third-order valence-electron chi connectivity index (χ3n) is 2.99. The van der Waals surface area contributed by atoms with E-state index in [0.717, 1.165) is 5.56 Å². The summed E-state index contributed by atoms with van der Waals surface area (Å²) in [4.78, 5) is 24.9. The third-order valence-corrected chi connectivity index (χ3v) is 2.99. The summed E-state index contributed by atoms with van der Waals surface area (Å²) in [7, 11) is 0. The van der Waals surface area contributed by atoms with E-state index in [-0.39, 0.29) is 5.97 Å². The summed E-state index contributed by atoms with van der Waals surface area (Å²) in [5.74, 6) is -0.364. The topological polar surface area (TPSA) is 55.6 Å². The van der Waals surface area contributed by atoms with Gasteiger partial charge in [-0.2, -0.15) is 0 Å². The van der Waals surface area contributed by atoms with Crippen LogP contribution in [-0.2, 0) is 20.7 Å². The summed E-state index contributed by atoms with van der Waals surface area (Å²) in [6, 6.07) is 9.31. The number of carbonyl (C=O) groups is 2. The summed E-state index contributed by atoms with van der Waals surface area (Å²) in [5, 5.41) is 0. The second kappa shape index (κ2) is 6.16. The van der Waals surface area contributed by atoms with Crippen LogP contribution in [0.15, 0.2) is 30.3 Å². The Balaban J connectivity index is 1.70. The first-order valence-corrected chi connectivity index (χ1v) is 7.07. The normalized spacial score (nSPS) is 17.3. The van der Waals surface area contributed by atoms with Crippen molar-refractivity contribution in [2.24, 2.45) is 0 Å². The van der Waals surface area contributed by atoms with Crippen molar-refractivity contribution in [2.45, 2.75) is 38.8 Å². The molecule has 1 aromatic carbocycles. The predicted molar refractivity (Wildman–Crippen MR) is 77.8 cm³/mol. The quantitative estimate of drug-likeness (QED) is 0.631. The van der Waals surface area contributed by atoms with Crippen LogP contribution in [0.4, 0.5) is 4.79 Å². The first kappa shape index (κ1) is 15.4. The van der Waals surface area contributed by atoms with Gasteiger partial charge >= 0.3 is 12.1 Å². The number of amides is 1. The number of hydrogen-bond acceptors (Lipinski definition) is 4. The fourth-order valence-electron chi connectivity index (χ4n) is 1.87. The van der Waals surface area contributed by atoms with Crippen molar-refractivity contribution < 1.29 is 19.1 Å². The molecule has 0 aromatic heterocycles. The van der Waals surface area contributed by atoms with Gasteiger partial charge < -0.3 is 9.47 Å². The smallest absolute Gasteiger partial charge is 0.411 e. The summed E-state index contributed by atoms with van der Waals surface area (Å²) in [5.41, 5.74) is 0.562. The molecule has 0 radical (unpaired) electrons. The fourth-order valence-corrected chi connectivity index (χ4v) is 1.87. The van der Waals surface area contributed by atoms with Crippen LogP contribution in [0.3, 0.4) is 0 Å². The fraction of sp³-hybridized carbons (Fsp3) is 0.500. The van der Waals surface area contributed by atoms with E-state index < -0.39 is 17.7 Å². The van der Waals surface area contributed by atoms with E-state index in [4.69, 9.17) is 9.47 Å². The first-order chi connectivity index (χ1) is 9.87. The van der Waals surface area contributed by atoms with Gasteiger partial charge in [-0.1, -0.05) is 30.3 Å². The predicted octanol–water partition coefficient (Wildman–Crippen LogP) is 2.39. The number of hydrogen-bond donors (Lipinski definition) is 0. The zero-order valence-electron chi connectivity index (χ0n) is 12.7. The second-order valence-electron chi connectivity index (χ2n) is 6.05. The molecule has 5 heteroatoms. The molecule has 21 heavy (non-hydrogen) atoms. The van der Waals surface area contributed by atoms with E-state index in [1.165, 1.54) is 4.90 Å². The molecule has 1 aliphatic heterocycles. The molecule has 0 spiro atoms. The maximum absolute atomic E-state index is 11.8. The highest BCUT2D eigenvalue weighted by Crippen LogP contribution is 2.22. The van der Waals surface area contributed by atoms with Crippen molar-refractivity contribution in [1.29, 1.82) is 0 Å². The highest BCUT2D eigenvalue weighted by atomic mass is 16.6. The molecular formula is C16H21NO4. The molecule has 1 atom stereocenters. The van der Waals surface area contributed by atoms with Crippen molar-refractivity contribution in [3.63, 3.8) is 0 Å². The molecule has 0 unspecified atom stereocenters. The third kappa shape index (κ3) is 4.77. The lowest BCUT2D eigenvalue weighted by molar-refractivity contribution is -0.143. The maximum atomic E-state index is 11.8. The largest absolute Gasteiger partial charge is 0.464 e. The van der Waals surface area contributed by atoms with Crippen LogP contribution in [0.5, 0.6) is 0 Å². The van der Waals surface area contributed by atoms with Crippen LogP contribution in [0.2, 0.25) is 0 Å². The summed E-state index contributed by atoms with van der Waals surface area (Å²) >= 11 is 0. The van der Waals surface area contributed by atoms with Crippen LogP contribution in [-0.4, -0.2) is 41.8 Å². The molecular weight excluding hydrogens is 270 g/mol. The molecule has 114 valence electrons. The molecule has 0 bridgehead atoms. The van der Waals surface area contributed by atoms with E-state index in [1.807, 2.05) is 30.3 Å². The first-order valence-electron chi connectivity index (χ1n) is 7.07. The van der Waals surface area contributed by atoms with Gasteiger partial charge in [-0.25, -0.2) is 9.59 Å². The Labute approximate surface area is 124 Å². The highest BCUT2D eigenvalue weighted by molar-refractivity contribution is 5.86. The Morgan fingerprint density at radius 1 is 1.24 bits per heavy atom. The zero-order valence-corrected chi connectivity index (χ0v) is 12.7. The molecule has 1 aliphatic rings. The maximum Gasteiger partial charge on any atom is 0.411 e.